The van der Waals surface area contributed by atoms with Crippen molar-refractivity contribution in [1.82, 2.24) is 5.32 Å². The van der Waals surface area contributed by atoms with E-state index in [1.807, 2.05) is 7.05 Å². The van der Waals surface area contributed by atoms with E-state index < -0.39 is 0 Å². The molecule has 1 N–H and O–H groups in total. The first-order valence-electron chi connectivity index (χ1n) is 6.26. The fraction of sp³-hybridized carbons (Fsp3) is 0.200. The lowest BCUT2D eigenvalue weighted by molar-refractivity contribution is -0.384. The lowest BCUT2D eigenvalue weighted by atomic mass is 10.1. The molecule has 104 valence electrons. The van der Waals surface area contributed by atoms with Crippen LogP contribution in [0.2, 0.25) is 0 Å². The minimum Gasteiger partial charge on any atom is -0.316 e. The predicted molar refractivity (Wildman–Crippen MR) is 81.2 cm³/mol. The maximum Gasteiger partial charge on any atom is 0.269 e. The lowest BCUT2D eigenvalue weighted by Gasteiger charge is -2.08. The number of hydrogen-bond acceptors (Lipinski definition) is 4. The fourth-order valence-corrected chi connectivity index (χ4v) is 2.79. The van der Waals surface area contributed by atoms with Crippen molar-refractivity contribution in [3.05, 3.63) is 63.7 Å². The molecular weight excluding hydrogens is 272 g/mol. The SMILES string of the molecule is CNCc1ccc(Sc2ccc([N+](=O)[O-])cc2)c(C)c1. The maximum absolute atomic E-state index is 10.6. The van der Waals surface area contributed by atoms with Gasteiger partial charge in [0.05, 0.1) is 4.92 Å². The second-order valence-electron chi connectivity index (χ2n) is 4.48. The highest BCUT2D eigenvalue weighted by atomic mass is 32.2. The molecule has 0 aliphatic heterocycles. The van der Waals surface area contributed by atoms with Gasteiger partial charge in [0, 0.05) is 28.5 Å². The van der Waals surface area contributed by atoms with Gasteiger partial charge in [-0.1, -0.05) is 23.9 Å². The highest BCUT2D eigenvalue weighted by Gasteiger charge is 2.06. The van der Waals surface area contributed by atoms with Gasteiger partial charge >= 0.3 is 0 Å². The first kappa shape index (κ1) is 14.6. The fourth-order valence-electron chi connectivity index (χ4n) is 1.90. The molecule has 0 aliphatic carbocycles. The molecule has 0 saturated carbocycles. The molecule has 5 heteroatoms. The van der Waals surface area contributed by atoms with Gasteiger partial charge in [-0.2, -0.15) is 0 Å². The van der Waals surface area contributed by atoms with Crippen LogP contribution in [-0.4, -0.2) is 12.0 Å². The van der Waals surface area contributed by atoms with E-state index in [2.05, 4.69) is 30.4 Å². The Balaban J connectivity index is 2.15. The normalized spacial score (nSPS) is 10.5. The van der Waals surface area contributed by atoms with Gasteiger partial charge in [-0.05, 0) is 43.3 Å². The molecule has 2 aromatic carbocycles. The number of nitrogens with zero attached hydrogens (tertiary/aromatic N) is 1. The topological polar surface area (TPSA) is 55.2 Å². The Labute approximate surface area is 122 Å². The van der Waals surface area contributed by atoms with Crippen molar-refractivity contribution in [3.63, 3.8) is 0 Å². The van der Waals surface area contributed by atoms with Crippen molar-refractivity contribution in [2.75, 3.05) is 7.05 Å². The maximum atomic E-state index is 10.6. The summed E-state index contributed by atoms with van der Waals surface area (Å²) in [6, 6.07) is 13.0. The zero-order chi connectivity index (χ0) is 14.5. The smallest absolute Gasteiger partial charge is 0.269 e. The zero-order valence-corrected chi connectivity index (χ0v) is 12.2. The van der Waals surface area contributed by atoms with E-state index in [4.69, 9.17) is 0 Å². The minimum absolute atomic E-state index is 0.121. The number of nitrogens with one attached hydrogen (secondary N) is 1. The van der Waals surface area contributed by atoms with Gasteiger partial charge in [0.2, 0.25) is 0 Å². The standard InChI is InChI=1S/C15H16N2O2S/c1-11-9-12(10-16-2)3-8-15(11)20-14-6-4-13(5-7-14)17(18)19/h3-9,16H,10H2,1-2H3. The molecule has 0 unspecified atom stereocenters. The van der Waals surface area contributed by atoms with Crippen LogP contribution in [0, 0.1) is 17.0 Å². The van der Waals surface area contributed by atoms with Crippen LogP contribution in [0.25, 0.3) is 0 Å². The second kappa shape index (κ2) is 6.54. The molecule has 0 bridgehead atoms. The number of non-ortho nitro benzene ring substituents is 1. The van der Waals surface area contributed by atoms with Crippen LogP contribution in [0.5, 0.6) is 0 Å². The number of rotatable bonds is 5. The summed E-state index contributed by atoms with van der Waals surface area (Å²) in [5.41, 5.74) is 2.58. The van der Waals surface area contributed by atoms with Gasteiger partial charge in [0.1, 0.15) is 0 Å². The van der Waals surface area contributed by atoms with E-state index in [0.717, 1.165) is 11.4 Å². The van der Waals surface area contributed by atoms with Crippen molar-refractivity contribution in [2.24, 2.45) is 0 Å². The predicted octanol–water partition coefficient (Wildman–Crippen LogP) is 3.77. The summed E-state index contributed by atoms with van der Waals surface area (Å²) < 4.78 is 0. The monoisotopic (exact) mass is 288 g/mol. The van der Waals surface area contributed by atoms with Crippen molar-refractivity contribution in [2.45, 2.75) is 23.3 Å². The Kier molecular flexibility index (Phi) is 4.76. The summed E-state index contributed by atoms with van der Waals surface area (Å²) >= 11 is 1.62. The number of nitro groups is 1. The molecule has 0 amide bonds. The molecule has 0 radical (unpaired) electrons. The van der Waals surface area contributed by atoms with Crippen LogP contribution in [0.4, 0.5) is 5.69 Å². The van der Waals surface area contributed by atoms with Gasteiger partial charge in [0.15, 0.2) is 0 Å². The lowest BCUT2D eigenvalue weighted by Crippen LogP contribution is -2.05. The van der Waals surface area contributed by atoms with E-state index in [1.165, 1.54) is 28.2 Å². The average molecular weight is 288 g/mol. The molecule has 0 fully saturated rings. The first-order valence-corrected chi connectivity index (χ1v) is 7.08. The Hall–Kier alpha value is -1.85. The van der Waals surface area contributed by atoms with Crippen molar-refractivity contribution in [1.29, 1.82) is 0 Å². The van der Waals surface area contributed by atoms with Crippen molar-refractivity contribution < 1.29 is 4.92 Å². The zero-order valence-electron chi connectivity index (χ0n) is 11.4. The van der Waals surface area contributed by atoms with E-state index in [0.29, 0.717) is 0 Å². The first-order chi connectivity index (χ1) is 9.60. The average Bonchev–Trinajstić information content (AvgIpc) is 2.43. The van der Waals surface area contributed by atoms with Gasteiger partial charge in [0.25, 0.3) is 5.69 Å². The largest absolute Gasteiger partial charge is 0.316 e. The molecule has 0 aromatic heterocycles. The van der Waals surface area contributed by atoms with Gasteiger partial charge < -0.3 is 5.32 Å². The van der Waals surface area contributed by atoms with E-state index in [9.17, 15) is 10.1 Å². The molecule has 0 saturated heterocycles. The number of hydrogen-bond donors (Lipinski definition) is 1. The molecule has 20 heavy (non-hydrogen) atoms. The van der Waals surface area contributed by atoms with Gasteiger partial charge in [-0.3, -0.25) is 10.1 Å². The van der Waals surface area contributed by atoms with Crippen LogP contribution in [-0.2, 0) is 6.54 Å². The van der Waals surface area contributed by atoms with Crippen molar-refractivity contribution >= 4 is 17.4 Å². The van der Waals surface area contributed by atoms with Crippen LogP contribution in [0.15, 0.2) is 52.3 Å². The summed E-state index contributed by atoms with van der Waals surface area (Å²) in [4.78, 5) is 12.4. The third-order valence-electron chi connectivity index (χ3n) is 2.90. The third-order valence-corrected chi connectivity index (χ3v) is 4.08. The summed E-state index contributed by atoms with van der Waals surface area (Å²) in [6.07, 6.45) is 0. The van der Waals surface area contributed by atoms with Crippen LogP contribution < -0.4 is 5.32 Å². The van der Waals surface area contributed by atoms with Gasteiger partial charge in [-0.25, -0.2) is 0 Å². The quantitative estimate of drug-likeness (QED) is 0.672. The van der Waals surface area contributed by atoms with E-state index >= 15 is 0 Å². The highest BCUT2D eigenvalue weighted by Crippen LogP contribution is 2.31. The summed E-state index contributed by atoms with van der Waals surface area (Å²) in [5.74, 6) is 0. The molecule has 2 aromatic rings. The molecule has 0 aliphatic rings. The molecular formula is C15H16N2O2S. The Morgan fingerprint density at radius 2 is 1.90 bits per heavy atom. The Morgan fingerprint density at radius 3 is 2.45 bits per heavy atom. The van der Waals surface area contributed by atoms with E-state index in [1.54, 1.807) is 23.9 Å². The second-order valence-corrected chi connectivity index (χ2v) is 5.60. The van der Waals surface area contributed by atoms with Crippen LogP contribution in [0.3, 0.4) is 0 Å². The summed E-state index contributed by atoms with van der Waals surface area (Å²) in [6.45, 7) is 2.93. The van der Waals surface area contributed by atoms with Crippen molar-refractivity contribution in [3.8, 4) is 0 Å². The van der Waals surface area contributed by atoms with Crippen LogP contribution in [0.1, 0.15) is 11.1 Å². The molecule has 2 rings (SSSR count). The van der Waals surface area contributed by atoms with E-state index in [-0.39, 0.29) is 10.6 Å². The molecule has 0 atom stereocenters. The number of nitro benzene ring substituents is 1. The Bertz CT molecular complexity index is 612. The number of benzene rings is 2. The summed E-state index contributed by atoms with van der Waals surface area (Å²) in [5, 5.41) is 13.7. The summed E-state index contributed by atoms with van der Waals surface area (Å²) in [7, 11) is 1.93. The molecule has 0 heterocycles. The third kappa shape index (κ3) is 3.59. The minimum atomic E-state index is -0.383. The highest BCUT2D eigenvalue weighted by molar-refractivity contribution is 7.99. The molecule has 0 spiro atoms. The number of aryl methyl sites for hydroxylation is 1. The van der Waals surface area contributed by atoms with Crippen LogP contribution >= 0.6 is 11.8 Å². The Morgan fingerprint density at radius 1 is 1.20 bits per heavy atom. The molecule has 4 nitrogen and oxygen atoms in total. The van der Waals surface area contributed by atoms with Gasteiger partial charge in [-0.15, -0.1) is 0 Å².